The molecule has 19 atom stereocenters. The molecule has 7 rings (SSSR count). The number of carbonyl (C=O) groups excluding carboxylic acids is 1. The summed E-state index contributed by atoms with van der Waals surface area (Å²) in [6.45, 7) is 6.16. The Kier molecular flexibility index (Phi) is 10.7. The molecule has 304 valence electrons. The lowest BCUT2D eigenvalue weighted by Gasteiger charge is -2.68. The van der Waals surface area contributed by atoms with Gasteiger partial charge in [0.1, 0.15) is 54.4 Å². The first-order valence-corrected chi connectivity index (χ1v) is 19.2. The summed E-state index contributed by atoms with van der Waals surface area (Å²) in [7, 11) is 0. The molecule has 19 unspecified atom stereocenters. The average molecular weight is 769 g/mol. The topological polar surface area (TPSA) is 255 Å². The maximum absolute atomic E-state index is 12.9. The quantitative estimate of drug-likeness (QED) is 0.129. The second kappa shape index (κ2) is 14.4. The van der Waals surface area contributed by atoms with Crippen molar-refractivity contribution >= 4 is 5.97 Å². The first kappa shape index (κ1) is 40.1. The average Bonchev–Trinajstić information content (AvgIpc) is 3.41. The molecule has 2 aliphatic heterocycles. The summed E-state index contributed by atoms with van der Waals surface area (Å²) in [5, 5.41) is 88.9. The minimum absolute atomic E-state index is 0.000784. The van der Waals surface area contributed by atoms with Crippen LogP contribution >= 0.6 is 0 Å². The second-order valence-corrected chi connectivity index (χ2v) is 17.3. The molecular formula is C38H56O16. The summed E-state index contributed by atoms with van der Waals surface area (Å²) >= 11 is 0. The normalized spacial score (nSPS) is 51.8. The molecule has 1 aromatic rings. The maximum atomic E-state index is 12.9. The van der Waals surface area contributed by atoms with Crippen LogP contribution in [0.2, 0.25) is 0 Å². The number of carbonyl (C=O) groups is 1. The highest BCUT2D eigenvalue weighted by molar-refractivity contribution is 5.66. The van der Waals surface area contributed by atoms with Crippen LogP contribution < -0.4 is 5.63 Å². The Morgan fingerprint density at radius 2 is 1.59 bits per heavy atom. The van der Waals surface area contributed by atoms with Gasteiger partial charge < -0.3 is 69.0 Å². The van der Waals surface area contributed by atoms with E-state index in [0.717, 1.165) is 5.56 Å². The SMILES string of the molecule is CC(=O)OC1CC2(O)C(CCC3(C)C(c4ccc(=O)oc4)CCC32O)C2(C)CCC(OC3OC(CO)C(OC4OC(C)C(O)C(O)C4O)C(O)C3O)CC12. The first-order valence-electron chi connectivity index (χ1n) is 19.2. The second-order valence-electron chi connectivity index (χ2n) is 17.3. The van der Waals surface area contributed by atoms with E-state index in [-0.39, 0.29) is 24.2 Å². The van der Waals surface area contributed by atoms with Gasteiger partial charge in [-0.15, -0.1) is 0 Å². The van der Waals surface area contributed by atoms with Gasteiger partial charge in [-0.1, -0.05) is 13.8 Å². The predicted octanol–water partition coefficient (Wildman–Crippen LogP) is -0.426. The Hall–Kier alpha value is -2.06. The third-order valence-electron chi connectivity index (χ3n) is 14.6. The standard InChI is InChI=1S/C38H56O16/c1-17-27(42)28(43)30(45)33(50-17)54-32-24(15-39)53-34(31(46)29(32)44)52-20-7-10-35(3)22(13-20)23(51-18(2)40)14-37(47)25(35)9-11-36(4)21(8-12-38(36,37)48)19-5-6-26(41)49-16-19/h5-6,16-17,20-25,27-34,39,42-48H,7-15H2,1-4H3. The van der Waals surface area contributed by atoms with Crippen molar-refractivity contribution in [2.24, 2.45) is 22.7 Å². The lowest BCUT2D eigenvalue weighted by molar-refractivity contribution is -0.363. The van der Waals surface area contributed by atoms with E-state index >= 15 is 0 Å². The Bertz CT molecular complexity index is 1570. The zero-order chi connectivity index (χ0) is 39.1. The van der Waals surface area contributed by atoms with Crippen LogP contribution in [0.1, 0.15) is 90.5 Å². The fourth-order valence-corrected chi connectivity index (χ4v) is 11.6. The summed E-state index contributed by atoms with van der Waals surface area (Å²) in [5.74, 6) is -1.38. The van der Waals surface area contributed by atoms with E-state index in [1.165, 1.54) is 26.2 Å². The molecule has 4 aliphatic carbocycles. The van der Waals surface area contributed by atoms with E-state index in [4.69, 9.17) is 28.1 Å². The van der Waals surface area contributed by atoms with Crippen LogP contribution in [-0.4, -0.2) is 138 Å². The Morgan fingerprint density at radius 3 is 2.26 bits per heavy atom. The summed E-state index contributed by atoms with van der Waals surface area (Å²) < 4.78 is 34.6. The van der Waals surface area contributed by atoms with Crippen molar-refractivity contribution in [3.63, 3.8) is 0 Å². The molecule has 0 amide bonds. The molecule has 0 spiro atoms. The molecule has 6 fully saturated rings. The molecule has 0 bridgehead atoms. The van der Waals surface area contributed by atoms with Crippen LogP contribution in [0.15, 0.2) is 27.6 Å². The summed E-state index contributed by atoms with van der Waals surface area (Å²) in [5.41, 5.74) is -4.19. The van der Waals surface area contributed by atoms with E-state index in [9.17, 15) is 50.4 Å². The molecular weight excluding hydrogens is 712 g/mol. The van der Waals surface area contributed by atoms with Gasteiger partial charge in [0.25, 0.3) is 0 Å². The van der Waals surface area contributed by atoms with Gasteiger partial charge in [0.05, 0.1) is 30.7 Å². The molecule has 3 heterocycles. The predicted molar refractivity (Wildman–Crippen MR) is 183 cm³/mol. The van der Waals surface area contributed by atoms with E-state index in [0.29, 0.717) is 44.9 Å². The summed E-state index contributed by atoms with van der Waals surface area (Å²) in [6.07, 6.45) is -11.0. The summed E-state index contributed by atoms with van der Waals surface area (Å²) in [4.78, 5) is 24.3. The number of rotatable bonds is 7. The first-order chi connectivity index (χ1) is 25.4. The van der Waals surface area contributed by atoms with Crippen molar-refractivity contribution < 1.29 is 73.7 Å². The van der Waals surface area contributed by atoms with Gasteiger partial charge in [0, 0.05) is 30.7 Å². The highest BCUT2D eigenvalue weighted by atomic mass is 16.7. The van der Waals surface area contributed by atoms with E-state index < -0.39 is 114 Å². The molecule has 0 aromatic carbocycles. The van der Waals surface area contributed by atoms with Gasteiger partial charge in [0.2, 0.25) is 0 Å². The zero-order valence-electron chi connectivity index (χ0n) is 31.1. The van der Waals surface area contributed by atoms with Crippen molar-refractivity contribution in [2.45, 2.75) is 170 Å². The van der Waals surface area contributed by atoms with Crippen molar-refractivity contribution in [3.05, 3.63) is 34.4 Å². The Labute approximate surface area is 312 Å². The molecule has 0 radical (unpaired) electrons. The highest BCUT2D eigenvalue weighted by Crippen LogP contribution is 2.72. The van der Waals surface area contributed by atoms with Crippen LogP contribution in [0.25, 0.3) is 0 Å². The lowest BCUT2D eigenvalue weighted by atomic mass is 9.40. The number of fused-ring (bicyclic) bond motifs is 5. The van der Waals surface area contributed by atoms with Gasteiger partial charge in [0.15, 0.2) is 12.6 Å². The number of aliphatic hydroxyl groups is 8. The molecule has 6 aliphatic rings. The third kappa shape index (κ3) is 6.20. The number of hydrogen-bond acceptors (Lipinski definition) is 16. The van der Waals surface area contributed by atoms with E-state index in [1.54, 1.807) is 6.07 Å². The van der Waals surface area contributed by atoms with Crippen LogP contribution in [0.3, 0.4) is 0 Å². The van der Waals surface area contributed by atoms with Crippen molar-refractivity contribution in [3.8, 4) is 0 Å². The molecule has 16 heteroatoms. The highest BCUT2D eigenvalue weighted by Gasteiger charge is 2.75. The molecule has 2 saturated heterocycles. The van der Waals surface area contributed by atoms with Crippen molar-refractivity contribution in [1.82, 2.24) is 0 Å². The number of hydrogen-bond donors (Lipinski definition) is 8. The fraction of sp³-hybridized carbons (Fsp3) is 0.842. The molecule has 54 heavy (non-hydrogen) atoms. The van der Waals surface area contributed by atoms with Gasteiger partial charge in [-0.25, -0.2) is 4.79 Å². The van der Waals surface area contributed by atoms with Gasteiger partial charge in [-0.05, 0) is 80.8 Å². The Morgan fingerprint density at radius 1 is 0.889 bits per heavy atom. The van der Waals surface area contributed by atoms with Crippen LogP contribution in [0, 0.1) is 22.7 Å². The zero-order valence-corrected chi connectivity index (χ0v) is 31.1. The van der Waals surface area contributed by atoms with Crippen LogP contribution in [0.4, 0.5) is 0 Å². The Balaban J connectivity index is 1.09. The largest absolute Gasteiger partial charge is 0.462 e. The third-order valence-corrected chi connectivity index (χ3v) is 14.6. The van der Waals surface area contributed by atoms with Crippen molar-refractivity contribution in [2.75, 3.05) is 6.61 Å². The van der Waals surface area contributed by atoms with Gasteiger partial charge in [-0.3, -0.25) is 4.79 Å². The maximum Gasteiger partial charge on any atom is 0.335 e. The number of esters is 1. The van der Waals surface area contributed by atoms with Gasteiger partial charge >= 0.3 is 11.6 Å². The number of ether oxygens (including phenoxy) is 5. The van der Waals surface area contributed by atoms with E-state index in [2.05, 4.69) is 6.92 Å². The monoisotopic (exact) mass is 768 g/mol. The minimum atomic E-state index is -1.69. The smallest absolute Gasteiger partial charge is 0.335 e. The van der Waals surface area contributed by atoms with Crippen LogP contribution in [-0.2, 0) is 28.5 Å². The van der Waals surface area contributed by atoms with Crippen LogP contribution in [0.5, 0.6) is 0 Å². The van der Waals surface area contributed by atoms with Gasteiger partial charge in [-0.2, -0.15) is 0 Å². The molecule has 4 saturated carbocycles. The minimum Gasteiger partial charge on any atom is -0.462 e. The van der Waals surface area contributed by atoms with Crippen molar-refractivity contribution in [1.29, 1.82) is 0 Å². The lowest BCUT2D eigenvalue weighted by Crippen LogP contribution is -2.75. The molecule has 16 nitrogen and oxygen atoms in total. The van der Waals surface area contributed by atoms with E-state index in [1.807, 2.05) is 6.92 Å². The summed E-state index contributed by atoms with van der Waals surface area (Å²) in [6, 6.07) is 3.09. The fourth-order valence-electron chi connectivity index (χ4n) is 11.6. The number of aliphatic hydroxyl groups excluding tert-OH is 6. The molecule has 8 N–H and O–H groups in total. The molecule has 1 aromatic heterocycles.